The summed E-state index contributed by atoms with van der Waals surface area (Å²) in [7, 11) is 0. The number of ether oxygens (including phenoxy) is 1. The number of rotatable bonds is 2. The predicted molar refractivity (Wildman–Crippen MR) is 70.5 cm³/mol. The molecule has 3 fully saturated rings. The fourth-order valence-corrected chi connectivity index (χ4v) is 3.15. The highest BCUT2D eigenvalue weighted by atomic mass is 16.5. The number of carbonyl (C=O) groups is 2. The van der Waals surface area contributed by atoms with Gasteiger partial charge in [-0.1, -0.05) is 0 Å². The molecule has 0 bridgehead atoms. The first-order valence-electron chi connectivity index (χ1n) is 7.23. The first kappa shape index (κ1) is 13.6. The van der Waals surface area contributed by atoms with Crippen molar-refractivity contribution in [2.45, 2.75) is 12.5 Å². The molecule has 112 valence electrons. The standard InChI is InChI=1S/C13H21N3O4/c17-12(18)10-7-16(8-10)13(19)15-2-1-11(9-15)14-3-5-20-6-4-14/h10-11H,1-9H2,(H,17,18). The number of hydrogen-bond acceptors (Lipinski definition) is 4. The van der Waals surface area contributed by atoms with E-state index in [1.54, 1.807) is 4.90 Å². The van der Waals surface area contributed by atoms with E-state index in [0.717, 1.165) is 45.8 Å². The van der Waals surface area contributed by atoms with Crippen LogP contribution >= 0.6 is 0 Å². The smallest absolute Gasteiger partial charge is 0.320 e. The molecular weight excluding hydrogens is 262 g/mol. The Kier molecular flexibility index (Phi) is 3.80. The minimum Gasteiger partial charge on any atom is -0.481 e. The van der Waals surface area contributed by atoms with E-state index in [1.807, 2.05) is 4.90 Å². The highest BCUT2D eigenvalue weighted by Crippen LogP contribution is 2.22. The van der Waals surface area contributed by atoms with E-state index in [9.17, 15) is 9.59 Å². The lowest BCUT2D eigenvalue weighted by atomic mass is 10.0. The number of carbonyl (C=O) groups excluding carboxylic acids is 1. The van der Waals surface area contributed by atoms with Crippen LogP contribution in [0.4, 0.5) is 4.79 Å². The summed E-state index contributed by atoms with van der Waals surface area (Å²) in [6.45, 7) is 5.67. The van der Waals surface area contributed by atoms with Crippen molar-refractivity contribution < 1.29 is 19.4 Å². The van der Waals surface area contributed by atoms with Crippen LogP contribution in [0.15, 0.2) is 0 Å². The number of carboxylic acid groups (broad SMARTS) is 1. The summed E-state index contributed by atoms with van der Waals surface area (Å²) in [5.74, 6) is -1.18. The molecule has 1 atom stereocenters. The van der Waals surface area contributed by atoms with Crippen LogP contribution in [0.3, 0.4) is 0 Å². The minimum absolute atomic E-state index is 0.00161. The van der Waals surface area contributed by atoms with Crippen molar-refractivity contribution in [1.82, 2.24) is 14.7 Å². The van der Waals surface area contributed by atoms with E-state index in [-0.39, 0.29) is 11.9 Å². The van der Waals surface area contributed by atoms with Gasteiger partial charge in [-0.25, -0.2) is 4.79 Å². The minimum atomic E-state index is -0.804. The van der Waals surface area contributed by atoms with Crippen molar-refractivity contribution in [2.24, 2.45) is 5.92 Å². The molecule has 3 saturated heterocycles. The predicted octanol–water partition coefficient (Wildman–Crippen LogP) is -0.471. The summed E-state index contributed by atoms with van der Waals surface area (Å²) in [5, 5.41) is 8.84. The van der Waals surface area contributed by atoms with Gasteiger partial charge in [0.05, 0.1) is 19.1 Å². The zero-order chi connectivity index (χ0) is 14.1. The summed E-state index contributed by atoms with van der Waals surface area (Å²) in [5.41, 5.74) is 0. The molecule has 1 unspecified atom stereocenters. The van der Waals surface area contributed by atoms with E-state index < -0.39 is 5.97 Å². The summed E-state index contributed by atoms with van der Waals surface area (Å²) in [6.07, 6.45) is 1.00. The molecule has 3 heterocycles. The van der Waals surface area contributed by atoms with Gasteiger partial charge in [-0.3, -0.25) is 9.69 Å². The number of likely N-dealkylation sites (tertiary alicyclic amines) is 2. The van der Waals surface area contributed by atoms with Gasteiger partial charge in [0.2, 0.25) is 0 Å². The lowest BCUT2D eigenvalue weighted by molar-refractivity contribution is -0.146. The number of hydrogen-bond donors (Lipinski definition) is 1. The van der Waals surface area contributed by atoms with Gasteiger partial charge in [-0.05, 0) is 6.42 Å². The van der Waals surface area contributed by atoms with Gasteiger partial charge in [0.1, 0.15) is 0 Å². The van der Waals surface area contributed by atoms with Crippen LogP contribution in [0.2, 0.25) is 0 Å². The number of amides is 2. The van der Waals surface area contributed by atoms with Crippen molar-refractivity contribution in [1.29, 1.82) is 0 Å². The summed E-state index contributed by atoms with van der Waals surface area (Å²) in [6, 6.07) is 0.428. The second-order valence-electron chi connectivity index (χ2n) is 5.76. The third kappa shape index (κ3) is 2.60. The van der Waals surface area contributed by atoms with E-state index in [2.05, 4.69) is 4.90 Å². The molecule has 0 radical (unpaired) electrons. The first-order chi connectivity index (χ1) is 9.65. The van der Waals surface area contributed by atoms with Crippen LogP contribution in [0.25, 0.3) is 0 Å². The van der Waals surface area contributed by atoms with Gasteiger partial charge < -0.3 is 19.6 Å². The zero-order valence-electron chi connectivity index (χ0n) is 11.5. The van der Waals surface area contributed by atoms with Crippen LogP contribution < -0.4 is 0 Å². The number of urea groups is 1. The average molecular weight is 283 g/mol. The maximum atomic E-state index is 12.2. The normalized spacial score (nSPS) is 28.5. The van der Waals surface area contributed by atoms with Gasteiger partial charge >= 0.3 is 12.0 Å². The van der Waals surface area contributed by atoms with Crippen molar-refractivity contribution in [3.05, 3.63) is 0 Å². The van der Waals surface area contributed by atoms with E-state index in [0.29, 0.717) is 19.1 Å². The van der Waals surface area contributed by atoms with E-state index in [4.69, 9.17) is 9.84 Å². The van der Waals surface area contributed by atoms with Crippen LogP contribution in [0.1, 0.15) is 6.42 Å². The molecule has 0 aromatic heterocycles. The maximum absolute atomic E-state index is 12.2. The Morgan fingerprint density at radius 2 is 1.70 bits per heavy atom. The topological polar surface area (TPSA) is 73.3 Å². The second-order valence-corrected chi connectivity index (χ2v) is 5.76. The molecule has 2 amide bonds. The van der Waals surface area contributed by atoms with E-state index in [1.165, 1.54) is 0 Å². The molecule has 0 saturated carbocycles. The molecule has 3 aliphatic rings. The Morgan fingerprint density at radius 1 is 1.00 bits per heavy atom. The highest BCUT2D eigenvalue weighted by molar-refractivity contribution is 5.80. The zero-order valence-corrected chi connectivity index (χ0v) is 11.5. The molecular formula is C13H21N3O4. The molecule has 0 aliphatic carbocycles. The van der Waals surface area contributed by atoms with Gasteiger partial charge in [-0.15, -0.1) is 0 Å². The third-order valence-electron chi connectivity index (χ3n) is 4.50. The SMILES string of the molecule is O=C(O)C1CN(C(=O)N2CCC(N3CCOCC3)C2)C1. The van der Waals surface area contributed by atoms with Crippen LogP contribution in [0, 0.1) is 5.92 Å². The van der Waals surface area contributed by atoms with E-state index >= 15 is 0 Å². The highest BCUT2D eigenvalue weighted by Gasteiger charge is 2.40. The Labute approximate surface area is 118 Å². The van der Waals surface area contributed by atoms with Gasteiger partial charge in [0.25, 0.3) is 0 Å². The molecule has 3 rings (SSSR count). The Bertz CT molecular complexity index is 391. The Morgan fingerprint density at radius 3 is 2.35 bits per heavy atom. The van der Waals surface area contributed by atoms with Gasteiger partial charge in [0.15, 0.2) is 0 Å². The molecule has 7 heteroatoms. The molecule has 3 aliphatic heterocycles. The van der Waals surface area contributed by atoms with Gasteiger partial charge in [-0.2, -0.15) is 0 Å². The number of aliphatic carboxylic acids is 1. The quantitative estimate of drug-likeness (QED) is 0.741. The third-order valence-corrected chi connectivity index (χ3v) is 4.50. The summed E-state index contributed by atoms with van der Waals surface area (Å²) < 4.78 is 5.35. The second kappa shape index (κ2) is 5.57. The fraction of sp³-hybridized carbons (Fsp3) is 0.846. The maximum Gasteiger partial charge on any atom is 0.320 e. The van der Waals surface area contributed by atoms with Crippen molar-refractivity contribution in [3.63, 3.8) is 0 Å². The molecule has 0 aromatic carbocycles. The molecule has 1 N–H and O–H groups in total. The molecule has 7 nitrogen and oxygen atoms in total. The van der Waals surface area contributed by atoms with Crippen LogP contribution in [-0.2, 0) is 9.53 Å². The van der Waals surface area contributed by atoms with Crippen LogP contribution in [0.5, 0.6) is 0 Å². The van der Waals surface area contributed by atoms with Crippen molar-refractivity contribution in [3.8, 4) is 0 Å². The van der Waals surface area contributed by atoms with Crippen LogP contribution in [-0.4, -0.2) is 90.3 Å². The molecule has 0 spiro atoms. The lowest BCUT2D eigenvalue weighted by Crippen LogP contribution is -2.57. The lowest BCUT2D eigenvalue weighted by Gasteiger charge is -2.39. The summed E-state index contributed by atoms with van der Waals surface area (Å²) in [4.78, 5) is 28.9. The Balaban J connectivity index is 1.47. The average Bonchev–Trinajstić information content (AvgIpc) is 2.87. The largest absolute Gasteiger partial charge is 0.481 e. The fourth-order valence-electron chi connectivity index (χ4n) is 3.15. The first-order valence-corrected chi connectivity index (χ1v) is 7.23. The monoisotopic (exact) mass is 283 g/mol. The van der Waals surface area contributed by atoms with Gasteiger partial charge in [0, 0.05) is 45.3 Å². The number of morpholine rings is 1. The summed E-state index contributed by atoms with van der Waals surface area (Å²) >= 11 is 0. The molecule has 0 aromatic rings. The Hall–Kier alpha value is -1.34. The number of carboxylic acids is 1. The van der Waals surface area contributed by atoms with Crippen molar-refractivity contribution >= 4 is 12.0 Å². The van der Waals surface area contributed by atoms with Crippen molar-refractivity contribution in [2.75, 3.05) is 52.5 Å². The molecule has 20 heavy (non-hydrogen) atoms. The number of nitrogens with zero attached hydrogens (tertiary/aromatic N) is 3.